The molecule has 1 aliphatic heterocycles. The van der Waals surface area contributed by atoms with Crippen LogP contribution in [0.3, 0.4) is 0 Å². The van der Waals surface area contributed by atoms with Gasteiger partial charge in [0.05, 0.1) is 17.4 Å². The Bertz CT molecular complexity index is 687. The van der Waals surface area contributed by atoms with Crippen molar-refractivity contribution in [2.45, 2.75) is 57.8 Å². The van der Waals surface area contributed by atoms with E-state index in [1.165, 1.54) is 11.1 Å². The maximum absolute atomic E-state index is 10.6. The van der Waals surface area contributed by atoms with E-state index in [0.717, 1.165) is 51.0 Å². The van der Waals surface area contributed by atoms with Crippen LogP contribution in [0, 0.1) is 5.92 Å². The van der Waals surface area contributed by atoms with Gasteiger partial charge in [-0.1, -0.05) is 30.3 Å². The number of nitrogens with zero attached hydrogens (tertiary/aromatic N) is 2. The van der Waals surface area contributed by atoms with Crippen molar-refractivity contribution in [3.63, 3.8) is 0 Å². The van der Waals surface area contributed by atoms with E-state index in [1.807, 2.05) is 32.0 Å². The summed E-state index contributed by atoms with van der Waals surface area (Å²) < 4.78 is 0. The van der Waals surface area contributed by atoms with Crippen LogP contribution < -0.4 is 0 Å². The molecule has 2 heterocycles. The molecule has 0 saturated carbocycles. The van der Waals surface area contributed by atoms with Gasteiger partial charge in [0.2, 0.25) is 0 Å². The van der Waals surface area contributed by atoms with Crippen molar-refractivity contribution in [1.82, 2.24) is 9.88 Å². The zero-order chi connectivity index (χ0) is 19.3. The predicted octanol–water partition coefficient (Wildman–Crippen LogP) is 3.73. The summed E-state index contributed by atoms with van der Waals surface area (Å²) >= 11 is 0. The fourth-order valence-corrected chi connectivity index (χ4v) is 3.74. The third-order valence-corrected chi connectivity index (χ3v) is 5.52. The van der Waals surface area contributed by atoms with Crippen molar-refractivity contribution in [3.05, 3.63) is 65.5 Å². The molecule has 4 nitrogen and oxygen atoms in total. The van der Waals surface area contributed by atoms with E-state index in [4.69, 9.17) is 0 Å². The second-order valence-corrected chi connectivity index (χ2v) is 8.44. The molecule has 1 aliphatic rings. The molecule has 1 fully saturated rings. The maximum Gasteiger partial charge on any atom is 0.0988 e. The van der Waals surface area contributed by atoms with Crippen LogP contribution in [0.4, 0.5) is 0 Å². The van der Waals surface area contributed by atoms with Gasteiger partial charge < -0.3 is 10.2 Å². The van der Waals surface area contributed by atoms with Gasteiger partial charge in [-0.3, -0.25) is 9.88 Å². The molecule has 0 radical (unpaired) electrons. The van der Waals surface area contributed by atoms with Crippen molar-refractivity contribution in [1.29, 1.82) is 0 Å². The van der Waals surface area contributed by atoms with E-state index in [1.54, 1.807) is 6.20 Å². The molecular weight excluding hydrogens is 336 g/mol. The Hall–Kier alpha value is -1.75. The number of likely N-dealkylation sites (tertiary alicyclic amines) is 1. The lowest BCUT2D eigenvalue weighted by atomic mass is 9.89. The molecule has 2 aromatic rings. The van der Waals surface area contributed by atoms with E-state index in [9.17, 15) is 10.2 Å². The summed E-state index contributed by atoms with van der Waals surface area (Å²) in [7, 11) is 0. The summed E-state index contributed by atoms with van der Waals surface area (Å²) in [6, 6.07) is 14.5. The molecule has 146 valence electrons. The van der Waals surface area contributed by atoms with Crippen molar-refractivity contribution in [2.24, 2.45) is 5.92 Å². The number of hydrogen-bond acceptors (Lipinski definition) is 4. The first-order valence-corrected chi connectivity index (χ1v) is 10.0. The highest BCUT2D eigenvalue weighted by Gasteiger charge is 2.26. The number of hydrogen-bond donors (Lipinski definition) is 2. The summed E-state index contributed by atoms with van der Waals surface area (Å²) in [5, 5.41) is 20.4. The van der Waals surface area contributed by atoms with Crippen molar-refractivity contribution in [3.8, 4) is 0 Å². The molecule has 27 heavy (non-hydrogen) atoms. The zero-order valence-electron chi connectivity index (χ0n) is 16.5. The van der Waals surface area contributed by atoms with Crippen molar-refractivity contribution in [2.75, 3.05) is 13.1 Å². The van der Waals surface area contributed by atoms with Gasteiger partial charge in [0, 0.05) is 12.7 Å². The average molecular weight is 369 g/mol. The smallest absolute Gasteiger partial charge is 0.0988 e. The molecule has 1 saturated heterocycles. The van der Waals surface area contributed by atoms with Crippen LogP contribution in [0.2, 0.25) is 0 Å². The number of aromatic nitrogens is 1. The normalized spacial score (nSPS) is 17.8. The number of aliphatic hydroxyl groups is 2. The predicted molar refractivity (Wildman–Crippen MR) is 108 cm³/mol. The first-order valence-electron chi connectivity index (χ1n) is 10.0. The highest BCUT2D eigenvalue weighted by atomic mass is 16.3. The first kappa shape index (κ1) is 20.0. The Morgan fingerprint density at radius 3 is 2.33 bits per heavy atom. The molecular formula is C23H32N2O2. The van der Waals surface area contributed by atoms with Crippen LogP contribution in [0.15, 0.2) is 48.7 Å². The quantitative estimate of drug-likeness (QED) is 0.782. The lowest BCUT2D eigenvalue weighted by molar-refractivity contribution is 0.0540. The molecule has 2 N–H and O–H groups in total. The van der Waals surface area contributed by atoms with Crippen LogP contribution in [-0.2, 0) is 13.0 Å². The lowest BCUT2D eigenvalue weighted by Crippen LogP contribution is -2.35. The Morgan fingerprint density at radius 2 is 1.74 bits per heavy atom. The van der Waals surface area contributed by atoms with Crippen molar-refractivity contribution >= 4 is 0 Å². The van der Waals surface area contributed by atoms with E-state index in [2.05, 4.69) is 34.1 Å². The molecule has 0 aliphatic carbocycles. The lowest BCUT2D eigenvalue weighted by Gasteiger charge is -2.34. The van der Waals surface area contributed by atoms with Crippen LogP contribution in [0.5, 0.6) is 0 Å². The SMILES string of the molecule is CC(C)(O)CCc1ccc(CN2CCC(C(O)c3ccccn3)CC2)cc1. The summed E-state index contributed by atoms with van der Waals surface area (Å²) in [5.41, 5.74) is 2.78. The van der Waals surface area contributed by atoms with Crippen LogP contribution in [-0.4, -0.2) is 38.8 Å². The van der Waals surface area contributed by atoms with Gasteiger partial charge in [-0.25, -0.2) is 0 Å². The molecule has 1 aromatic heterocycles. The van der Waals surface area contributed by atoms with Crippen molar-refractivity contribution < 1.29 is 10.2 Å². The Kier molecular flexibility index (Phi) is 6.64. The second kappa shape index (κ2) is 8.96. The molecule has 1 aromatic carbocycles. The van der Waals surface area contributed by atoms with Gasteiger partial charge in [-0.15, -0.1) is 0 Å². The van der Waals surface area contributed by atoms with Crippen LogP contribution in [0.1, 0.15) is 56.0 Å². The summed E-state index contributed by atoms with van der Waals surface area (Å²) in [4.78, 5) is 6.77. The minimum absolute atomic E-state index is 0.292. The number of benzene rings is 1. The third-order valence-electron chi connectivity index (χ3n) is 5.52. The summed E-state index contributed by atoms with van der Waals surface area (Å²) in [6.45, 7) is 6.69. The van der Waals surface area contributed by atoms with Gasteiger partial charge in [-0.2, -0.15) is 0 Å². The molecule has 1 unspecified atom stereocenters. The highest BCUT2D eigenvalue weighted by Crippen LogP contribution is 2.30. The summed E-state index contributed by atoms with van der Waals surface area (Å²) in [5.74, 6) is 0.292. The van der Waals surface area contributed by atoms with Gasteiger partial charge in [0.1, 0.15) is 0 Å². The van der Waals surface area contributed by atoms with E-state index < -0.39 is 11.7 Å². The molecule has 1 atom stereocenters. The number of pyridine rings is 1. The minimum Gasteiger partial charge on any atom is -0.390 e. The Labute approximate surface area is 162 Å². The number of rotatable bonds is 7. The molecule has 0 spiro atoms. The molecule has 0 bridgehead atoms. The average Bonchev–Trinajstić information content (AvgIpc) is 2.68. The fraction of sp³-hybridized carbons (Fsp3) is 0.522. The van der Waals surface area contributed by atoms with Crippen LogP contribution >= 0.6 is 0 Å². The standard InChI is InChI=1S/C23H32N2O2/c1-23(2,27)13-10-18-6-8-19(9-7-18)17-25-15-11-20(12-16-25)22(26)21-5-3-4-14-24-21/h3-9,14,20,22,26-27H,10-13,15-17H2,1-2H3. The first-order chi connectivity index (χ1) is 12.9. The minimum atomic E-state index is -0.608. The van der Waals surface area contributed by atoms with Crippen LogP contribution in [0.25, 0.3) is 0 Å². The van der Waals surface area contributed by atoms with Gasteiger partial charge in [0.15, 0.2) is 0 Å². The second-order valence-electron chi connectivity index (χ2n) is 8.44. The zero-order valence-corrected chi connectivity index (χ0v) is 16.5. The Morgan fingerprint density at radius 1 is 1.07 bits per heavy atom. The Balaban J connectivity index is 1.46. The largest absolute Gasteiger partial charge is 0.390 e. The van der Waals surface area contributed by atoms with Gasteiger partial charge in [-0.05, 0) is 81.8 Å². The fourth-order valence-electron chi connectivity index (χ4n) is 3.74. The highest BCUT2D eigenvalue weighted by molar-refractivity contribution is 5.23. The van der Waals surface area contributed by atoms with Gasteiger partial charge in [0.25, 0.3) is 0 Å². The molecule has 3 rings (SSSR count). The van der Waals surface area contributed by atoms with E-state index in [0.29, 0.717) is 5.92 Å². The van der Waals surface area contributed by atoms with Gasteiger partial charge >= 0.3 is 0 Å². The maximum atomic E-state index is 10.6. The third kappa shape index (κ3) is 6.13. The van der Waals surface area contributed by atoms with E-state index >= 15 is 0 Å². The monoisotopic (exact) mass is 368 g/mol. The molecule has 4 heteroatoms. The van der Waals surface area contributed by atoms with E-state index in [-0.39, 0.29) is 0 Å². The molecule has 0 amide bonds. The topological polar surface area (TPSA) is 56.6 Å². The summed E-state index contributed by atoms with van der Waals surface area (Å²) in [6.07, 6.45) is 4.98. The number of piperidine rings is 1. The number of aryl methyl sites for hydroxylation is 1. The number of aliphatic hydroxyl groups excluding tert-OH is 1.